The number of amides is 3. The highest BCUT2D eigenvalue weighted by molar-refractivity contribution is 6.40. The Labute approximate surface area is 152 Å². The summed E-state index contributed by atoms with van der Waals surface area (Å²) < 4.78 is 0. The minimum atomic E-state index is -0.702. The first-order valence-electron chi connectivity index (χ1n) is 8.71. The summed E-state index contributed by atoms with van der Waals surface area (Å²) in [6.07, 6.45) is 1.17. The van der Waals surface area contributed by atoms with E-state index in [2.05, 4.69) is 15.7 Å². The highest BCUT2D eigenvalue weighted by Gasteiger charge is 2.34. The maximum atomic E-state index is 12.3. The normalized spacial score (nSPS) is 17.4. The minimum absolute atomic E-state index is 0.105. The maximum Gasteiger partial charge on any atom is 0.267 e. The molecule has 0 spiro atoms. The van der Waals surface area contributed by atoms with Gasteiger partial charge in [0.05, 0.1) is 5.69 Å². The Morgan fingerprint density at radius 2 is 2.00 bits per heavy atom. The highest BCUT2D eigenvalue weighted by Crippen LogP contribution is 2.24. The third-order valence-corrected chi connectivity index (χ3v) is 4.18. The Kier molecular flexibility index (Phi) is 6.71. The molecule has 0 aromatic heterocycles. The van der Waals surface area contributed by atoms with E-state index in [1.54, 1.807) is 12.1 Å². The van der Waals surface area contributed by atoms with Gasteiger partial charge in [-0.1, -0.05) is 25.1 Å². The third-order valence-electron chi connectivity index (χ3n) is 4.18. The molecule has 0 bridgehead atoms. The fraction of sp³-hybridized carbons (Fsp3) is 0.444. The molecule has 1 heterocycles. The van der Waals surface area contributed by atoms with E-state index in [0.29, 0.717) is 5.69 Å². The molecule has 0 aliphatic carbocycles. The third kappa shape index (κ3) is 5.05. The predicted octanol–water partition coefficient (Wildman–Crippen LogP) is 0.528. The van der Waals surface area contributed by atoms with Crippen LogP contribution in [0.4, 0.5) is 5.69 Å². The van der Waals surface area contributed by atoms with E-state index >= 15 is 0 Å². The van der Waals surface area contributed by atoms with Crippen LogP contribution in [-0.4, -0.2) is 42.1 Å². The molecule has 4 N–H and O–H groups in total. The molecule has 8 heteroatoms. The molecule has 2 atom stereocenters. The zero-order chi connectivity index (χ0) is 19.1. The lowest BCUT2D eigenvalue weighted by Crippen LogP contribution is -2.40. The van der Waals surface area contributed by atoms with Gasteiger partial charge in [-0.25, -0.2) is 0 Å². The number of primary amides is 1. The molecule has 0 unspecified atom stereocenters. The Balaban J connectivity index is 1.94. The van der Waals surface area contributed by atoms with Crippen molar-refractivity contribution in [3.63, 3.8) is 0 Å². The largest absolute Gasteiger partial charge is 0.368 e. The number of nitrogens with one attached hydrogen (secondary N) is 2. The zero-order valence-electron chi connectivity index (χ0n) is 15.1. The molecule has 140 valence electrons. The standard InChI is InChI=1S/C18H25N5O3/c1-3-12(2)21-16(24)9-10-20-18(26)14-11-15(17(19)25)23(22-14)13-7-5-4-6-8-13/h4-8,12,15H,3,9-11H2,1-2H3,(H2,19,25)(H,20,26)(H,21,24)/t12-,15+/m1/s1. The van der Waals surface area contributed by atoms with Gasteiger partial charge in [-0.2, -0.15) is 5.10 Å². The Bertz CT molecular complexity index is 689. The van der Waals surface area contributed by atoms with Crippen molar-refractivity contribution in [3.8, 4) is 0 Å². The van der Waals surface area contributed by atoms with Gasteiger partial charge in [0.1, 0.15) is 11.8 Å². The van der Waals surface area contributed by atoms with Crippen LogP contribution >= 0.6 is 0 Å². The lowest BCUT2D eigenvalue weighted by Gasteiger charge is -2.20. The number of benzene rings is 1. The molecule has 2 rings (SSSR count). The summed E-state index contributed by atoms with van der Waals surface area (Å²) in [5.74, 6) is -1.06. The number of hydrogen-bond donors (Lipinski definition) is 3. The minimum Gasteiger partial charge on any atom is -0.368 e. The van der Waals surface area contributed by atoms with Crippen LogP contribution in [0.5, 0.6) is 0 Å². The van der Waals surface area contributed by atoms with Crippen molar-refractivity contribution in [1.82, 2.24) is 10.6 Å². The fourth-order valence-corrected chi connectivity index (χ4v) is 2.53. The van der Waals surface area contributed by atoms with Gasteiger partial charge in [0.15, 0.2) is 0 Å². The van der Waals surface area contributed by atoms with E-state index in [9.17, 15) is 14.4 Å². The van der Waals surface area contributed by atoms with Crippen LogP contribution in [-0.2, 0) is 14.4 Å². The van der Waals surface area contributed by atoms with Gasteiger partial charge in [-0.3, -0.25) is 19.4 Å². The van der Waals surface area contributed by atoms with Gasteiger partial charge >= 0.3 is 0 Å². The van der Waals surface area contributed by atoms with Crippen LogP contribution < -0.4 is 21.4 Å². The predicted molar refractivity (Wildman–Crippen MR) is 99.5 cm³/mol. The summed E-state index contributed by atoms with van der Waals surface area (Å²) in [5.41, 5.74) is 6.36. The first-order chi connectivity index (χ1) is 12.4. The second-order valence-corrected chi connectivity index (χ2v) is 6.23. The molecule has 8 nitrogen and oxygen atoms in total. The summed E-state index contributed by atoms with van der Waals surface area (Å²) in [6.45, 7) is 4.11. The second-order valence-electron chi connectivity index (χ2n) is 6.23. The first-order valence-corrected chi connectivity index (χ1v) is 8.71. The Hall–Kier alpha value is -2.90. The van der Waals surface area contributed by atoms with Crippen molar-refractivity contribution in [2.45, 2.75) is 45.2 Å². The van der Waals surface area contributed by atoms with Gasteiger partial charge in [0, 0.05) is 25.4 Å². The van der Waals surface area contributed by atoms with Gasteiger partial charge in [0.2, 0.25) is 11.8 Å². The summed E-state index contributed by atoms with van der Waals surface area (Å²) in [5, 5.41) is 11.2. The van der Waals surface area contributed by atoms with Crippen LogP contribution in [0.2, 0.25) is 0 Å². The van der Waals surface area contributed by atoms with E-state index in [0.717, 1.165) is 6.42 Å². The average Bonchev–Trinajstić information content (AvgIpc) is 3.08. The molecule has 3 amide bonds. The fourth-order valence-electron chi connectivity index (χ4n) is 2.53. The lowest BCUT2D eigenvalue weighted by molar-refractivity contribution is -0.122. The summed E-state index contributed by atoms with van der Waals surface area (Å²) in [7, 11) is 0. The van der Waals surface area contributed by atoms with E-state index in [-0.39, 0.29) is 37.0 Å². The van der Waals surface area contributed by atoms with Crippen molar-refractivity contribution >= 4 is 29.1 Å². The number of para-hydroxylation sites is 1. The smallest absolute Gasteiger partial charge is 0.267 e. The number of hydrazone groups is 1. The van der Waals surface area contributed by atoms with Crippen LogP contribution in [0.15, 0.2) is 35.4 Å². The molecule has 1 aromatic carbocycles. The Morgan fingerprint density at radius 3 is 2.62 bits per heavy atom. The van der Waals surface area contributed by atoms with Crippen molar-refractivity contribution in [2.75, 3.05) is 11.6 Å². The summed E-state index contributed by atoms with van der Waals surface area (Å²) in [4.78, 5) is 35.7. The average molecular weight is 359 g/mol. The molecule has 26 heavy (non-hydrogen) atoms. The van der Waals surface area contributed by atoms with Crippen molar-refractivity contribution in [3.05, 3.63) is 30.3 Å². The highest BCUT2D eigenvalue weighted by atomic mass is 16.2. The van der Waals surface area contributed by atoms with Crippen LogP contribution in [0, 0.1) is 0 Å². The molecule has 0 saturated heterocycles. The van der Waals surface area contributed by atoms with Crippen LogP contribution in [0.25, 0.3) is 0 Å². The number of carbonyl (C=O) groups excluding carboxylic acids is 3. The van der Waals surface area contributed by atoms with E-state index in [1.807, 2.05) is 32.0 Å². The molecular formula is C18H25N5O3. The molecule has 0 saturated carbocycles. The SMILES string of the molecule is CC[C@@H](C)NC(=O)CCNC(=O)C1=NN(c2ccccc2)[C@H](C(N)=O)C1. The lowest BCUT2D eigenvalue weighted by atomic mass is 10.1. The number of hydrogen-bond acceptors (Lipinski definition) is 5. The van der Waals surface area contributed by atoms with E-state index in [1.165, 1.54) is 5.01 Å². The molecular weight excluding hydrogens is 334 g/mol. The van der Waals surface area contributed by atoms with E-state index < -0.39 is 17.9 Å². The van der Waals surface area contributed by atoms with Crippen molar-refractivity contribution in [1.29, 1.82) is 0 Å². The van der Waals surface area contributed by atoms with Crippen LogP contribution in [0.3, 0.4) is 0 Å². The number of nitrogens with two attached hydrogens (primary N) is 1. The van der Waals surface area contributed by atoms with Gasteiger partial charge in [0.25, 0.3) is 5.91 Å². The number of carbonyl (C=O) groups is 3. The van der Waals surface area contributed by atoms with Crippen LogP contribution in [0.1, 0.15) is 33.1 Å². The number of nitrogens with zero attached hydrogens (tertiary/aromatic N) is 2. The quantitative estimate of drug-likeness (QED) is 0.627. The second kappa shape index (κ2) is 8.98. The monoisotopic (exact) mass is 359 g/mol. The summed E-state index contributed by atoms with van der Waals surface area (Å²) in [6, 6.07) is 8.47. The van der Waals surface area contributed by atoms with Gasteiger partial charge in [-0.15, -0.1) is 0 Å². The van der Waals surface area contributed by atoms with Gasteiger partial charge in [-0.05, 0) is 25.5 Å². The first kappa shape index (κ1) is 19.4. The molecule has 0 fully saturated rings. The van der Waals surface area contributed by atoms with Crippen molar-refractivity contribution < 1.29 is 14.4 Å². The molecule has 1 aliphatic rings. The molecule has 0 radical (unpaired) electrons. The van der Waals surface area contributed by atoms with Gasteiger partial charge < -0.3 is 16.4 Å². The number of rotatable bonds is 8. The topological polar surface area (TPSA) is 117 Å². The summed E-state index contributed by atoms with van der Waals surface area (Å²) >= 11 is 0. The molecule has 1 aromatic rings. The number of anilines is 1. The zero-order valence-corrected chi connectivity index (χ0v) is 15.1. The maximum absolute atomic E-state index is 12.3. The van der Waals surface area contributed by atoms with E-state index in [4.69, 9.17) is 5.73 Å². The Morgan fingerprint density at radius 1 is 1.31 bits per heavy atom. The molecule has 1 aliphatic heterocycles. The van der Waals surface area contributed by atoms with Crippen molar-refractivity contribution in [2.24, 2.45) is 10.8 Å².